The van der Waals surface area contributed by atoms with Crippen molar-refractivity contribution >= 4 is 23.0 Å². The Morgan fingerprint density at radius 1 is 0.657 bits per heavy atom. The lowest BCUT2D eigenvalue weighted by Crippen LogP contribution is -2.30. The van der Waals surface area contributed by atoms with E-state index in [1.165, 1.54) is 5.69 Å². The quantitative estimate of drug-likeness (QED) is 0.363. The first-order valence-corrected chi connectivity index (χ1v) is 12.7. The van der Waals surface area contributed by atoms with Crippen molar-refractivity contribution in [2.45, 2.75) is 33.3 Å². The molecule has 1 aliphatic rings. The Hall–Kier alpha value is -3.47. The molecule has 5 nitrogen and oxygen atoms in total. The number of carbonyl (C=O) groups is 1. The summed E-state index contributed by atoms with van der Waals surface area (Å²) >= 11 is 0. The third kappa shape index (κ3) is 4.24. The van der Waals surface area contributed by atoms with Gasteiger partial charge < -0.3 is 19.4 Å². The highest BCUT2D eigenvalue weighted by Gasteiger charge is 2.48. The predicted molar refractivity (Wildman–Crippen MR) is 146 cm³/mol. The highest BCUT2D eigenvalue weighted by Crippen LogP contribution is 2.48. The number of carbonyl (C=O) groups excluding carboxylic acids is 1. The maximum Gasteiger partial charge on any atom is 0.340 e. The summed E-state index contributed by atoms with van der Waals surface area (Å²) in [6, 6.07) is 23.0. The van der Waals surface area contributed by atoms with Crippen LogP contribution in [0.25, 0.3) is 0 Å². The predicted octanol–water partition coefficient (Wildman–Crippen LogP) is 5.91. The van der Waals surface area contributed by atoms with Gasteiger partial charge in [0.15, 0.2) is 5.60 Å². The maximum atomic E-state index is 13.4. The van der Waals surface area contributed by atoms with E-state index in [4.69, 9.17) is 4.74 Å². The maximum absolute atomic E-state index is 13.4. The van der Waals surface area contributed by atoms with Crippen LogP contribution in [0.4, 0.5) is 17.1 Å². The van der Waals surface area contributed by atoms with Crippen LogP contribution in [0.15, 0.2) is 66.7 Å². The molecule has 0 aliphatic carbocycles. The lowest BCUT2D eigenvalue weighted by Gasteiger charge is -2.31. The number of rotatable bonds is 9. The minimum Gasteiger partial charge on any atom is -0.441 e. The van der Waals surface area contributed by atoms with Crippen molar-refractivity contribution in [1.82, 2.24) is 0 Å². The summed E-state index contributed by atoms with van der Waals surface area (Å²) in [5, 5.41) is 0. The molecule has 1 heterocycles. The molecule has 0 radical (unpaired) electrons. The summed E-state index contributed by atoms with van der Waals surface area (Å²) in [5.41, 5.74) is 5.75. The monoisotopic (exact) mass is 471 g/mol. The molecule has 35 heavy (non-hydrogen) atoms. The molecule has 1 unspecified atom stereocenters. The van der Waals surface area contributed by atoms with Crippen molar-refractivity contribution in [2.24, 2.45) is 0 Å². The summed E-state index contributed by atoms with van der Waals surface area (Å²) < 4.78 is 6.36. The van der Waals surface area contributed by atoms with E-state index < -0.39 is 5.60 Å². The summed E-state index contributed by atoms with van der Waals surface area (Å²) in [6.07, 6.45) is 0. The van der Waals surface area contributed by atoms with Crippen LogP contribution in [-0.2, 0) is 10.3 Å². The number of fused-ring (bicyclic) bond motifs is 1. The van der Waals surface area contributed by atoms with Gasteiger partial charge in [-0.15, -0.1) is 0 Å². The molecular formula is C30H37N3O2. The zero-order chi connectivity index (χ0) is 25.2. The van der Waals surface area contributed by atoms with Crippen LogP contribution >= 0.6 is 0 Å². The van der Waals surface area contributed by atoms with Crippen LogP contribution in [0.2, 0.25) is 0 Å². The molecule has 0 amide bonds. The molecule has 1 atom stereocenters. The molecule has 0 aromatic heterocycles. The molecule has 0 bridgehead atoms. The zero-order valence-corrected chi connectivity index (χ0v) is 21.8. The highest BCUT2D eigenvalue weighted by molar-refractivity contribution is 5.97. The molecule has 0 saturated heterocycles. The van der Waals surface area contributed by atoms with Gasteiger partial charge in [-0.3, -0.25) is 0 Å². The molecule has 0 fully saturated rings. The molecule has 3 aromatic rings. The van der Waals surface area contributed by atoms with E-state index in [2.05, 4.69) is 103 Å². The Morgan fingerprint density at radius 3 is 1.60 bits per heavy atom. The minimum atomic E-state index is -0.985. The van der Waals surface area contributed by atoms with E-state index in [1.54, 1.807) is 0 Å². The Bertz CT molecular complexity index is 1160. The van der Waals surface area contributed by atoms with Crippen molar-refractivity contribution in [3.63, 3.8) is 0 Å². The number of anilines is 3. The van der Waals surface area contributed by atoms with Gasteiger partial charge in [0, 0.05) is 74.0 Å². The smallest absolute Gasteiger partial charge is 0.340 e. The van der Waals surface area contributed by atoms with Gasteiger partial charge in [0.05, 0.1) is 5.56 Å². The normalized spacial score (nSPS) is 16.6. The molecule has 0 saturated carbocycles. The number of cyclic esters (lactones) is 1. The van der Waals surface area contributed by atoms with Crippen molar-refractivity contribution in [3.05, 3.63) is 89.0 Å². The van der Waals surface area contributed by atoms with E-state index in [9.17, 15) is 4.79 Å². The van der Waals surface area contributed by atoms with Crippen LogP contribution in [0.3, 0.4) is 0 Å². The molecule has 4 rings (SSSR count). The van der Waals surface area contributed by atoms with Crippen LogP contribution in [-0.4, -0.2) is 46.2 Å². The molecule has 5 heteroatoms. The topological polar surface area (TPSA) is 36.0 Å². The van der Waals surface area contributed by atoms with Crippen LogP contribution in [0, 0.1) is 0 Å². The standard InChI is InChI=1S/C30H37N3O2/c1-7-32(8-2)25-17-13-23(14-18-25)30(22-11-15-24(16-12-22)31(5)6)28-20-19-26(33(9-3)10-4)21-27(28)29(34)35-30/h11-21H,7-10H2,1-6H3. The minimum absolute atomic E-state index is 0.279. The number of benzene rings is 3. The molecule has 0 spiro atoms. The van der Waals surface area contributed by atoms with Crippen LogP contribution < -0.4 is 14.7 Å². The van der Waals surface area contributed by atoms with Gasteiger partial charge in [0.2, 0.25) is 0 Å². The van der Waals surface area contributed by atoms with E-state index in [-0.39, 0.29) is 5.97 Å². The van der Waals surface area contributed by atoms with Gasteiger partial charge in [-0.2, -0.15) is 0 Å². The first kappa shape index (κ1) is 24.6. The second kappa shape index (κ2) is 10.0. The second-order valence-corrected chi connectivity index (χ2v) is 9.13. The third-order valence-corrected chi connectivity index (χ3v) is 7.17. The van der Waals surface area contributed by atoms with Gasteiger partial charge in [-0.25, -0.2) is 4.79 Å². The van der Waals surface area contributed by atoms with Crippen LogP contribution in [0.1, 0.15) is 54.7 Å². The zero-order valence-electron chi connectivity index (χ0n) is 21.8. The van der Waals surface area contributed by atoms with Crippen molar-refractivity contribution in [3.8, 4) is 0 Å². The number of hydrogen-bond donors (Lipinski definition) is 0. The number of hydrogen-bond acceptors (Lipinski definition) is 5. The lowest BCUT2D eigenvalue weighted by molar-refractivity contribution is 0.0251. The number of ether oxygens (including phenoxy) is 1. The van der Waals surface area contributed by atoms with E-state index >= 15 is 0 Å². The Morgan fingerprint density at radius 2 is 1.11 bits per heavy atom. The van der Waals surface area contributed by atoms with E-state index in [0.717, 1.165) is 54.2 Å². The number of nitrogens with zero attached hydrogens (tertiary/aromatic N) is 3. The van der Waals surface area contributed by atoms with Gasteiger partial charge in [-0.1, -0.05) is 30.3 Å². The average Bonchev–Trinajstić information content (AvgIpc) is 3.19. The lowest BCUT2D eigenvalue weighted by atomic mass is 9.79. The highest BCUT2D eigenvalue weighted by atomic mass is 16.6. The average molecular weight is 472 g/mol. The Kier molecular flexibility index (Phi) is 7.06. The summed E-state index contributed by atoms with van der Waals surface area (Å²) in [5.74, 6) is -0.279. The third-order valence-electron chi connectivity index (χ3n) is 7.17. The van der Waals surface area contributed by atoms with Crippen molar-refractivity contribution in [1.29, 1.82) is 0 Å². The fourth-order valence-corrected chi connectivity index (χ4v) is 5.13. The Balaban J connectivity index is 1.90. The van der Waals surface area contributed by atoms with Gasteiger partial charge in [0.25, 0.3) is 0 Å². The fourth-order valence-electron chi connectivity index (χ4n) is 5.13. The summed E-state index contributed by atoms with van der Waals surface area (Å²) in [4.78, 5) is 20.0. The molecule has 1 aliphatic heterocycles. The fraction of sp³-hybridized carbons (Fsp3) is 0.367. The SMILES string of the molecule is CCN(CC)c1ccc(C2(c3ccc(N(C)C)cc3)OC(=O)c3cc(N(CC)CC)ccc32)cc1. The summed E-state index contributed by atoms with van der Waals surface area (Å²) in [7, 11) is 4.05. The van der Waals surface area contributed by atoms with Gasteiger partial charge in [-0.05, 0) is 64.1 Å². The molecule has 184 valence electrons. The first-order valence-electron chi connectivity index (χ1n) is 12.7. The van der Waals surface area contributed by atoms with E-state index in [1.807, 2.05) is 20.2 Å². The van der Waals surface area contributed by atoms with Gasteiger partial charge in [0.1, 0.15) is 0 Å². The first-order chi connectivity index (χ1) is 16.9. The molecular weight excluding hydrogens is 434 g/mol. The van der Waals surface area contributed by atoms with Crippen molar-refractivity contribution in [2.75, 3.05) is 55.0 Å². The summed E-state index contributed by atoms with van der Waals surface area (Å²) in [6.45, 7) is 12.2. The van der Waals surface area contributed by atoms with Crippen molar-refractivity contribution < 1.29 is 9.53 Å². The molecule has 0 N–H and O–H groups in total. The largest absolute Gasteiger partial charge is 0.441 e. The van der Waals surface area contributed by atoms with Gasteiger partial charge >= 0.3 is 5.97 Å². The Labute approximate surface area is 209 Å². The molecule has 3 aromatic carbocycles. The number of esters is 1. The van der Waals surface area contributed by atoms with E-state index in [0.29, 0.717) is 5.56 Å². The second-order valence-electron chi connectivity index (χ2n) is 9.13. The van der Waals surface area contributed by atoms with Crippen LogP contribution in [0.5, 0.6) is 0 Å².